The lowest BCUT2D eigenvalue weighted by molar-refractivity contribution is -0.135. The molecule has 1 aromatic carbocycles. The number of hydrogen-bond acceptors (Lipinski definition) is 10. The van der Waals surface area contributed by atoms with E-state index in [0.717, 1.165) is 42.6 Å². The molecule has 46 heavy (non-hydrogen) atoms. The highest BCUT2D eigenvalue weighted by molar-refractivity contribution is 6.05. The molecule has 1 saturated heterocycles. The molecule has 0 bridgehead atoms. The molecule has 254 valence electrons. The number of rotatable bonds is 6. The molecule has 2 aromatic heterocycles. The van der Waals surface area contributed by atoms with E-state index in [2.05, 4.69) is 32.1 Å². The number of aromatic nitrogens is 3. The Morgan fingerprint density at radius 3 is 2.09 bits per heavy atom. The highest BCUT2D eigenvalue weighted by Gasteiger charge is 2.27. The average Bonchev–Trinajstić information content (AvgIpc) is 3.01. The molecule has 17 heteroatoms. The predicted molar refractivity (Wildman–Crippen MR) is 164 cm³/mol. The van der Waals surface area contributed by atoms with E-state index in [1.807, 2.05) is 18.2 Å². The van der Waals surface area contributed by atoms with Crippen LogP contribution in [-0.4, -0.2) is 111 Å². The number of halogens is 3. The summed E-state index contributed by atoms with van der Waals surface area (Å²) in [4.78, 5) is 52.6. The Morgan fingerprint density at radius 2 is 1.52 bits per heavy atom. The number of nitrogens with one attached hydrogen (secondary N) is 1. The molecule has 3 aromatic rings. The van der Waals surface area contributed by atoms with E-state index < -0.39 is 12.6 Å². The van der Waals surface area contributed by atoms with Crippen LogP contribution in [0.1, 0.15) is 44.6 Å². The number of carbonyl (C=O) groups is 3. The third kappa shape index (κ3) is 10.8. The predicted octanol–water partition coefficient (Wildman–Crippen LogP) is 3.03. The number of aliphatic hydroxyl groups is 1. The number of anilines is 2. The minimum absolute atomic E-state index is 0.0762. The molecule has 14 nitrogen and oxygen atoms in total. The van der Waals surface area contributed by atoms with Crippen molar-refractivity contribution in [2.75, 3.05) is 50.0 Å². The van der Waals surface area contributed by atoms with Crippen molar-refractivity contribution in [2.45, 2.75) is 56.8 Å². The highest BCUT2D eigenvalue weighted by atomic mass is 19.4. The molecule has 1 aliphatic heterocycles. The van der Waals surface area contributed by atoms with Gasteiger partial charge in [-0.25, -0.2) is 4.98 Å². The first-order chi connectivity index (χ1) is 21.9. The van der Waals surface area contributed by atoms with Crippen molar-refractivity contribution in [3.05, 3.63) is 34.7 Å². The number of piperazine rings is 1. The number of aliphatic hydroxyl groups excluding tert-OH is 1. The summed E-state index contributed by atoms with van der Waals surface area (Å²) in [6, 6.07) is 5.81. The van der Waals surface area contributed by atoms with Crippen molar-refractivity contribution in [1.29, 1.82) is 0 Å². The SMILES string of the molecule is CN1CCN(c2ccc3c(c2)c(=O)n(C2CCC(O)CC2)c2nc(NCCCC(F)(F)F)ncc32)CC1.O=CO.O=CO.O=CO. The van der Waals surface area contributed by atoms with Gasteiger partial charge in [0.1, 0.15) is 5.65 Å². The summed E-state index contributed by atoms with van der Waals surface area (Å²) < 4.78 is 39.3. The van der Waals surface area contributed by atoms with Gasteiger partial charge in [0.2, 0.25) is 5.95 Å². The molecule has 0 amide bonds. The van der Waals surface area contributed by atoms with Crippen LogP contribution in [-0.2, 0) is 14.4 Å². The first kappa shape index (κ1) is 37.7. The molecule has 0 spiro atoms. The Labute approximate surface area is 262 Å². The van der Waals surface area contributed by atoms with Gasteiger partial charge < -0.3 is 35.5 Å². The Morgan fingerprint density at radius 1 is 0.935 bits per heavy atom. The second-order valence-electron chi connectivity index (χ2n) is 10.6. The van der Waals surface area contributed by atoms with Crippen LogP contribution in [0.3, 0.4) is 0 Å². The van der Waals surface area contributed by atoms with Crippen LogP contribution in [0, 0.1) is 0 Å². The molecule has 0 unspecified atom stereocenters. The molecule has 2 fully saturated rings. The van der Waals surface area contributed by atoms with Crippen LogP contribution < -0.4 is 15.8 Å². The van der Waals surface area contributed by atoms with Crippen LogP contribution in [0.4, 0.5) is 24.8 Å². The van der Waals surface area contributed by atoms with Crippen molar-refractivity contribution < 1.29 is 48.0 Å². The van der Waals surface area contributed by atoms with Gasteiger partial charge in [-0.1, -0.05) is 6.07 Å². The molecule has 3 heterocycles. The van der Waals surface area contributed by atoms with E-state index in [1.54, 1.807) is 10.8 Å². The Kier molecular flexibility index (Phi) is 15.1. The zero-order valence-corrected chi connectivity index (χ0v) is 25.3. The third-order valence-corrected chi connectivity index (χ3v) is 7.56. The van der Waals surface area contributed by atoms with Gasteiger partial charge in [0, 0.05) is 62.5 Å². The lowest BCUT2D eigenvalue weighted by atomic mass is 9.92. The number of pyridine rings is 1. The Balaban J connectivity index is 0.000000736. The van der Waals surface area contributed by atoms with Crippen molar-refractivity contribution in [2.24, 2.45) is 0 Å². The standard InChI is InChI=1S/C26H33F3N6O2.3CH2O2/c1-33-11-13-34(14-12-33)18-5-8-20-21(15-18)24(37)35(17-3-6-19(36)7-4-17)23-22(20)16-31-25(32-23)30-10-2-9-26(27,28)29;3*2-1-3/h5,8,15-17,19,36H,2-4,6-7,9-14H2,1H3,(H,30,31,32);3*1H,(H,2,3). The topological polar surface area (TPSA) is 198 Å². The van der Waals surface area contributed by atoms with E-state index in [0.29, 0.717) is 36.7 Å². The maximum atomic E-state index is 14.0. The molecule has 0 radical (unpaired) electrons. The first-order valence-corrected chi connectivity index (χ1v) is 14.4. The van der Waals surface area contributed by atoms with Crippen molar-refractivity contribution in [1.82, 2.24) is 19.4 Å². The minimum atomic E-state index is -4.21. The maximum Gasteiger partial charge on any atom is 0.389 e. The number of fused-ring (bicyclic) bond motifs is 3. The number of benzene rings is 1. The molecular formula is C29H39F3N6O8. The summed E-state index contributed by atoms with van der Waals surface area (Å²) >= 11 is 0. The highest BCUT2D eigenvalue weighted by Crippen LogP contribution is 2.33. The van der Waals surface area contributed by atoms with E-state index in [1.165, 1.54) is 0 Å². The lowest BCUT2D eigenvalue weighted by Crippen LogP contribution is -2.44. The van der Waals surface area contributed by atoms with Gasteiger partial charge >= 0.3 is 6.18 Å². The van der Waals surface area contributed by atoms with Crippen LogP contribution >= 0.6 is 0 Å². The van der Waals surface area contributed by atoms with Gasteiger partial charge in [-0.3, -0.25) is 23.7 Å². The van der Waals surface area contributed by atoms with Gasteiger partial charge in [0.25, 0.3) is 25.0 Å². The second kappa shape index (κ2) is 18.5. The Hall–Kier alpha value is -4.51. The van der Waals surface area contributed by atoms with E-state index in [4.69, 9.17) is 29.7 Å². The molecule has 1 aliphatic carbocycles. The number of nitrogens with zero attached hydrogens (tertiary/aromatic N) is 5. The van der Waals surface area contributed by atoms with Crippen LogP contribution in [0.25, 0.3) is 21.8 Å². The number of alkyl halides is 3. The zero-order valence-electron chi connectivity index (χ0n) is 25.3. The van der Waals surface area contributed by atoms with Gasteiger partial charge in [0.05, 0.1) is 11.5 Å². The van der Waals surface area contributed by atoms with Gasteiger partial charge in [-0.05, 0) is 56.7 Å². The van der Waals surface area contributed by atoms with Crippen molar-refractivity contribution in [3.63, 3.8) is 0 Å². The monoisotopic (exact) mass is 656 g/mol. The summed E-state index contributed by atoms with van der Waals surface area (Å²) in [5.41, 5.74) is 1.34. The molecule has 0 atom stereocenters. The fourth-order valence-electron chi connectivity index (χ4n) is 5.41. The van der Waals surface area contributed by atoms with Gasteiger partial charge in [-0.15, -0.1) is 0 Å². The normalized spacial score (nSPS) is 18.2. The van der Waals surface area contributed by atoms with Crippen LogP contribution in [0.2, 0.25) is 0 Å². The minimum Gasteiger partial charge on any atom is -0.483 e. The van der Waals surface area contributed by atoms with Crippen LogP contribution in [0.15, 0.2) is 29.2 Å². The van der Waals surface area contributed by atoms with Crippen LogP contribution in [0.5, 0.6) is 0 Å². The zero-order chi connectivity index (χ0) is 34.3. The molecule has 2 aliphatic rings. The van der Waals surface area contributed by atoms with Gasteiger partial charge in [-0.2, -0.15) is 18.2 Å². The number of hydrogen-bond donors (Lipinski definition) is 5. The largest absolute Gasteiger partial charge is 0.483 e. The van der Waals surface area contributed by atoms with Crippen molar-refractivity contribution >= 4 is 52.9 Å². The van der Waals surface area contributed by atoms with E-state index >= 15 is 0 Å². The van der Waals surface area contributed by atoms with Crippen molar-refractivity contribution in [3.8, 4) is 0 Å². The van der Waals surface area contributed by atoms with E-state index in [-0.39, 0.29) is 56.0 Å². The fraction of sp³-hybridized carbons (Fsp3) is 0.517. The summed E-state index contributed by atoms with van der Waals surface area (Å²) in [5, 5.41) is 35.7. The smallest absolute Gasteiger partial charge is 0.389 e. The number of carboxylic acid groups (broad SMARTS) is 3. The van der Waals surface area contributed by atoms with E-state index in [9.17, 15) is 23.1 Å². The molecule has 1 saturated carbocycles. The lowest BCUT2D eigenvalue weighted by Gasteiger charge is -2.34. The second-order valence-corrected chi connectivity index (χ2v) is 10.6. The summed E-state index contributed by atoms with van der Waals surface area (Å²) in [6.07, 6.45) is -1.40. The molecule has 5 rings (SSSR count). The average molecular weight is 657 g/mol. The number of likely N-dealkylation sites (N-methyl/N-ethyl adjacent to an activating group) is 1. The first-order valence-electron chi connectivity index (χ1n) is 14.4. The maximum absolute atomic E-state index is 14.0. The molecule has 5 N–H and O–H groups in total. The quantitative estimate of drug-likeness (QED) is 0.148. The Bertz CT molecular complexity index is 1460. The third-order valence-electron chi connectivity index (χ3n) is 7.56. The summed E-state index contributed by atoms with van der Waals surface area (Å²) in [5.74, 6) is 0.201. The summed E-state index contributed by atoms with van der Waals surface area (Å²) in [7, 11) is 2.10. The molecular weight excluding hydrogens is 617 g/mol. The fourth-order valence-corrected chi connectivity index (χ4v) is 5.41. The van der Waals surface area contributed by atoms with Gasteiger partial charge in [0.15, 0.2) is 0 Å². The summed E-state index contributed by atoms with van der Waals surface area (Å²) in [6.45, 7) is 3.01.